The predicted molar refractivity (Wildman–Crippen MR) is 111 cm³/mol. The molecular formula is C21H26N4OS. The maximum Gasteiger partial charge on any atom is 0.222 e. The number of hydrogen-bond donors (Lipinski definition) is 1. The lowest BCUT2D eigenvalue weighted by atomic mass is 9.87. The second kappa shape index (κ2) is 7.43. The van der Waals surface area contributed by atoms with Crippen LogP contribution in [0.1, 0.15) is 38.1 Å². The molecule has 6 heteroatoms. The van der Waals surface area contributed by atoms with Crippen LogP contribution < -0.4 is 5.32 Å². The van der Waals surface area contributed by atoms with E-state index in [1.165, 1.54) is 0 Å². The van der Waals surface area contributed by atoms with Crippen LogP contribution in [0.5, 0.6) is 0 Å². The quantitative estimate of drug-likeness (QED) is 0.729. The SMILES string of the molecule is C[C@H](NC(=O)CC1(n2cccc2)CCSCC1)c1nc2ccccc2n1C. The second-order valence-corrected chi connectivity index (χ2v) is 8.64. The molecule has 1 aliphatic heterocycles. The first-order valence-electron chi connectivity index (χ1n) is 9.51. The third kappa shape index (κ3) is 3.50. The van der Waals surface area contributed by atoms with Gasteiger partial charge in [-0.1, -0.05) is 12.1 Å². The van der Waals surface area contributed by atoms with Crippen LogP contribution in [-0.4, -0.2) is 31.5 Å². The Labute approximate surface area is 164 Å². The lowest BCUT2D eigenvalue weighted by Gasteiger charge is -2.38. The Morgan fingerprint density at radius 3 is 2.63 bits per heavy atom. The molecule has 1 saturated heterocycles. The molecule has 5 nitrogen and oxygen atoms in total. The molecule has 0 aliphatic carbocycles. The van der Waals surface area contributed by atoms with Gasteiger partial charge in [0, 0.05) is 19.4 Å². The number of benzene rings is 1. The average molecular weight is 383 g/mol. The minimum absolute atomic E-state index is 0.0927. The van der Waals surface area contributed by atoms with E-state index in [1.54, 1.807) is 0 Å². The predicted octanol–water partition coefficient (Wildman–Crippen LogP) is 3.86. The molecule has 1 aliphatic rings. The monoisotopic (exact) mass is 382 g/mol. The third-order valence-corrected chi connectivity index (χ3v) is 6.64. The number of nitrogens with one attached hydrogen (secondary N) is 1. The molecule has 4 rings (SSSR count). The number of rotatable bonds is 5. The summed E-state index contributed by atoms with van der Waals surface area (Å²) in [4.78, 5) is 17.7. The molecule has 1 N–H and O–H groups in total. The Morgan fingerprint density at radius 1 is 1.22 bits per heavy atom. The summed E-state index contributed by atoms with van der Waals surface area (Å²) < 4.78 is 4.31. The number of para-hydroxylation sites is 2. The van der Waals surface area contributed by atoms with Gasteiger partial charge in [0.2, 0.25) is 5.91 Å². The summed E-state index contributed by atoms with van der Waals surface area (Å²) in [6.45, 7) is 2.01. The van der Waals surface area contributed by atoms with Gasteiger partial charge in [-0.05, 0) is 55.5 Å². The number of nitrogens with zero attached hydrogens (tertiary/aromatic N) is 3. The van der Waals surface area contributed by atoms with Gasteiger partial charge >= 0.3 is 0 Å². The van der Waals surface area contributed by atoms with Crippen molar-refractivity contribution in [3.05, 3.63) is 54.6 Å². The van der Waals surface area contributed by atoms with E-state index in [1.807, 2.05) is 56.1 Å². The van der Waals surface area contributed by atoms with Gasteiger partial charge in [0.1, 0.15) is 5.82 Å². The highest BCUT2D eigenvalue weighted by atomic mass is 32.2. The highest BCUT2D eigenvalue weighted by molar-refractivity contribution is 7.99. The fourth-order valence-electron chi connectivity index (χ4n) is 4.14. The van der Waals surface area contributed by atoms with Crippen molar-refractivity contribution in [3.8, 4) is 0 Å². The topological polar surface area (TPSA) is 51.9 Å². The average Bonchev–Trinajstić information content (AvgIpc) is 3.32. The van der Waals surface area contributed by atoms with Gasteiger partial charge < -0.3 is 14.5 Å². The van der Waals surface area contributed by atoms with Crippen molar-refractivity contribution in [2.24, 2.45) is 7.05 Å². The molecule has 27 heavy (non-hydrogen) atoms. The molecule has 1 fully saturated rings. The molecule has 142 valence electrons. The van der Waals surface area contributed by atoms with E-state index in [9.17, 15) is 4.79 Å². The number of aromatic nitrogens is 3. The molecule has 0 unspecified atom stereocenters. The maximum atomic E-state index is 13.0. The molecule has 0 saturated carbocycles. The van der Waals surface area contributed by atoms with Crippen LogP contribution in [0.25, 0.3) is 11.0 Å². The molecule has 0 spiro atoms. The standard InChI is InChI=1S/C21H26N4OS/c1-16(20-23-17-7-3-4-8-18(17)24(20)2)22-19(26)15-21(9-13-27-14-10-21)25-11-5-6-12-25/h3-8,11-12,16H,9-10,13-15H2,1-2H3,(H,22,26)/t16-/m0/s1. The van der Waals surface area contributed by atoms with Gasteiger partial charge in [-0.2, -0.15) is 11.8 Å². The number of thioether (sulfide) groups is 1. The Hall–Kier alpha value is -2.21. The van der Waals surface area contributed by atoms with Crippen LogP contribution in [0.4, 0.5) is 0 Å². The highest BCUT2D eigenvalue weighted by Crippen LogP contribution is 2.37. The molecule has 2 aromatic heterocycles. The Balaban J connectivity index is 1.51. The molecule has 0 bridgehead atoms. The zero-order valence-corrected chi connectivity index (χ0v) is 16.7. The Morgan fingerprint density at radius 2 is 1.93 bits per heavy atom. The zero-order valence-electron chi connectivity index (χ0n) is 15.9. The van der Waals surface area contributed by atoms with Crippen LogP contribution in [-0.2, 0) is 17.4 Å². The van der Waals surface area contributed by atoms with Crippen molar-refractivity contribution in [3.63, 3.8) is 0 Å². The molecule has 1 aromatic carbocycles. The van der Waals surface area contributed by atoms with E-state index < -0.39 is 0 Å². The molecule has 1 atom stereocenters. The first-order valence-corrected chi connectivity index (χ1v) is 10.7. The Kier molecular flexibility index (Phi) is 5.00. The fraction of sp³-hybridized carbons (Fsp3) is 0.429. The van der Waals surface area contributed by atoms with E-state index in [4.69, 9.17) is 4.98 Å². The van der Waals surface area contributed by atoms with Crippen LogP contribution in [0.15, 0.2) is 48.8 Å². The number of carbonyl (C=O) groups excluding carboxylic acids is 1. The number of imidazole rings is 1. The summed E-state index contributed by atoms with van der Waals surface area (Å²) in [6.07, 6.45) is 6.76. The smallest absolute Gasteiger partial charge is 0.222 e. The minimum atomic E-state index is -0.130. The molecular weight excluding hydrogens is 356 g/mol. The molecule has 1 amide bonds. The second-order valence-electron chi connectivity index (χ2n) is 7.41. The van der Waals surface area contributed by atoms with Gasteiger partial charge in [-0.15, -0.1) is 0 Å². The van der Waals surface area contributed by atoms with E-state index in [-0.39, 0.29) is 17.5 Å². The summed E-state index contributed by atoms with van der Waals surface area (Å²) in [6, 6.07) is 12.0. The van der Waals surface area contributed by atoms with E-state index in [0.717, 1.165) is 41.2 Å². The number of amides is 1. The maximum absolute atomic E-state index is 13.0. The normalized spacial score (nSPS) is 17.7. The lowest BCUT2D eigenvalue weighted by molar-refractivity contribution is -0.124. The largest absolute Gasteiger partial charge is 0.348 e. The lowest BCUT2D eigenvalue weighted by Crippen LogP contribution is -2.42. The van der Waals surface area contributed by atoms with Gasteiger partial charge in [-0.25, -0.2) is 4.98 Å². The van der Waals surface area contributed by atoms with Crippen molar-refractivity contribution in [2.75, 3.05) is 11.5 Å². The van der Waals surface area contributed by atoms with Gasteiger partial charge in [0.05, 0.1) is 29.0 Å². The van der Waals surface area contributed by atoms with Crippen molar-refractivity contribution in [1.29, 1.82) is 0 Å². The highest BCUT2D eigenvalue weighted by Gasteiger charge is 2.36. The number of hydrogen-bond acceptors (Lipinski definition) is 3. The van der Waals surface area contributed by atoms with E-state index >= 15 is 0 Å². The third-order valence-electron chi connectivity index (χ3n) is 5.65. The summed E-state index contributed by atoms with van der Waals surface area (Å²) in [5, 5.41) is 3.19. The summed E-state index contributed by atoms with van der Waals surface area (Å²) in [7, 11) is 2.01. The van der Waals surface area contributed by atoms with Crippen LogP contribution in [0.2, 0.25) is 0 Å². The minimum Gasteiger partial charge on any atom is -0.348 e. The number of fused-ring (bicyclic) bond motifs is 1. The molecule has 3 aromatic rings. The first-order chi connectivity index (χ1) is 13.1. The van der Waals surface area contributed by atoms with Crippen molar-refractivity contribution < 1.29 is 4.79 Å². The summed E-state index contributed by atoms with van der Waals surface area (Å²) in [5.41, 5.74) is 1.94. The van der Waals surface area contributed by atoms with Gasteiger partial charge in [0.15, 0.2) is 0 Å². The van der Waals surface area contributed by atoms with Crippen LogP contribution in [0.3, 0.4) is 0 Å². The molecule has 0 radical (unpaired) electrons. The number of aryl methyl sites for hydroxylation is 1. The van der Waals surface area contributed by atoms with Gasteiger partial charge in [-0.3, -0.25) is 4.79 Å². The summed E-state index contributed by atoms with van der Waals surface area (Å²) >= 11 is 1.98. The van der Waals surface area contributed by atoms with E-state index in [0.29, 0.717) is 6.42 Å². The van der Waals surface area contributed by atoms with E-state index in [2.05, 4.69) is 32.9 Å². The first kappa shape index (κ1) is 18.2. The fourth-order valence-corrected chi connectivity index (χ4v) is 5.39. The molecule has 3 heterocycles. The van der Waals surface area contributed by atoms with Crippen molar-refractivity contribution >= 4 is 28.7 Å². The number of carbonyl (C=O) groups is 1. The van der Waals surface area contributed by atoms with Crippen molar-refractivity contribution in [2.45, 2.75) is 37.8 Å². The summed E-state index contributed by atoms with van der Waals surface area (Å²) in [5.74, 6) is 3.19. The van der Waals surface area contributed by atoms with Crippen LogP contribution in [0, 0.1) is 0 Å². The van der Waals surface area contributed by atoms with Gasteiger partial charge in [0.25, 0.3) is 0 Å². The van der Waals surface area contributed by atoms with Crippen LogP contribution >= 0.6 is 11.8 Å². The zero-order chi connectivity index (χ0) is 18.9. The van der Waals surface area contributed by atoms with Crippen molar-refractivity contribution in [1.82, 2.24) is 19.4 Å². The Bertz CT molecular complexity index is 925.